The highest BCUT2D eigenvalue weighted by molar-refractivity contribution is 7.90. The van der Waals surface area contributed by atoms with Crippen LogP contribution in [-0.2, 0) is 9.84 Å². The zero-order valence-corrected chi connectivity index (χ0v) is 12.2. The number of rotatable bonds is 3. The lowest BCUT2D eigenvalue weighted by Gasteiger charge is -2.26. The Morgan fingerprint density at radius 1 is 1.40 bits per heavy atom. The summed E-state index contributed by atoms with van der Waals surface area (Å²) in [6.07, 6.45) is 0.493. The maximum absolute atomic E-state index is 12.3. The molecule has 0 spiro atoms. The summed E-state index contributed by atoms with van der Waals surface area (Å²) in [4.78, 5) is 13.9. The van der Waals surface area contributed by atoms with Crippen molar-refractivity contribution >= 4 is 15.7 Å². The fourth-order valence-electron chi connectivity index (χ4n) is 2.26. The number of aliphatic hydroxyl groups excluding tert-OH is 1. The van der Waals surface area contributed by atoms with Crippen LogP contribution in [0.1, 0.15) is 10.4 Å². The van der Waals surface area contributed by atoms with Crippen molar-refractivity contribution in [3.8, 4) is 0 Å². The van der Waals surface area contributed by atoms with Crippen molar-refractivity contribution in [2.24, 2.45) is 0 Å². The number of nitrogens with zero attached hydrogens (tertiary/aromatic N) is 1. The lowest BCUT2D eigenvalue weighted by atomic mass is 10.1. The molecule has 0 aliphatic carbocycles. The van der Waals surface area contributed by atoms with Gasteiger partial charge in [-0.3, -0.25) is 4.79 Å². The number of sulfone groups is 1. The molecule has 1 fully saturated rings. The van der Waals surface area contributed by atoms with Gasteiger partial charge in [-0.25, -0.2) is 8.42 Å². The fourth-order valence-corrected chi connectivity index (χ4v) is 2.93. The van der Waals surface area contributed by atoms with Crippen LogP contribution in [0.25, 0.3) is 0 Å². The third-order valence-electron chi connectivity index (χ3n) is 3.48. The van der Waals surface area contributed by atoms with Gasteiger partial charge in [0, 0.05) is 32.0 Å². The number of hydrogen-bond donors (Lipinski definition) is 2. The van der Waals surface area contributed by atoms with Crippen molar-refractivity contribution < 1.29 is 18.3 Å². The highest BCUT2D eigenvalue weighted by atomic mass is 32.2. The Morgan fingerprint density at radius 3 is 2.65 bits per heavy atom. The van der Waals surface area contributed by atoms with Gasteiger partial charge in [0.15, 0.2) is 9.84 Å². The molecule has 1 aromatic carbocycles. The van der Waals surface area contributed by atoms with E-state index in [1.807, 2.05) is 0 Å². The Balaban J connectivity index is 2.25. The molecule has 1 saturated heterocycles. The summed E-state index contributed by atoms with van der Waals surface area (Å²) in [5, 5.41) is 12.8. The number of amides is 1. The smallest absolute Gasteiger partial charge is 0.254 e. The van der Waals surface area contributed by atoms with Crippen LogP contribution in [0.15, 0.2) is 29.2 Å². The first-order valence-corrected chi connectivity index (χ1v) is 8.16. The van der Waals surface area contributed by atoms with Crippen LogP contribution < -0.4 is 5.32 Å². The van der Waals surface area contributed by atoms with E-state index in [1.54, 1.807) is 19.2 Å². The molecule has 0 saturated carbocycles. The molecule has 1 aliphatic heterocycles. The lowest BCUT2D eigenvalue weighted by Crippen LogP contribution is -2.44. The van der Waals surface area contributed by atoms with Crippen LogP contribution >= 0.6 is 0 Å². The van der Waals surface area contributed by atoms with Gasteiger partial charge in [0.2, 0.25) is 0 Å². The second-order valence-electron chi connectivity index (χ2n) is 5.01. The average Bonchev–Trinajstić information content (AvgIpc) is 2.82. The van der Waals surface area contributed by atoms with Crippen LogP contribution in [0.4, 0.5) is 0 Å². The molecule has 1 amide bonds. The second-order valence-corrected chi connectivity index (χ2v) is 7.02. The summed E-state index contributed by atoms with van der Waals surface area (Å²) in [6.45, 7) is 0.973. The molecule has 6 nitrogen and oxygen atoms in total. The molecule has 20 heavy (non-hydrogen) atoms. The number of aliphatic hydroxyl groups is 1. The van der Waals surface area contributed by atoms with E-state index in [1.165, 1.54) is 17.0 Å². The largest absolute Gasteiger partial charge is 0.390 e. The van der Waals surface area contributed by atoms with E-state index in [0.717, 1.165) is 6.26 Å². The zero-order valence-electron chi connectivity index (χ0n) is 11.4. The van der Waals surface area contributed by atoms with Gasteiger partial charge in [-0.15, -0.1) is 0 Å². The van der Waals surface area contributed by atoms with E-state index in [-0.39, 0.29) is 16.8 Å². The molecular weight excluding hydrogens is 280 g/mol. The minimum atomic E-state index is -3.35. The summed E-state index contributed by atoms with van der Waals surface area (Å²) in [5.41, 5.74) is 0.300. The lowest BCUT2D eigenvalue weighted by molar-refractivity contribution is 0.0581. The van der Waals surface area contributed by atoms with Crippen LogP contribution in [-0.4, -0.2) is 62.9 Å². The number of carbonyl (C=O) groups is 1. The van der Waals surface area contributed by atoms with E-state index in [9.17, 15) is 18.3 Å². The van der Waals surface area contributed by atoms with Crippen molar-refractivity contribution in [1.29, 1.82) is 0 Å². The molecule has 0 aromatic heterocycles. The number of nitrogens with one attached hydrogen (secondary N) is 1. The topological polar surface area (TPSA) is 86.7 Å². The van der Waals surface area contributed by atoms with Gasteiger partial charge >= 0.3 is 0 Å². The van der Waals surface area contributed by atoms with Gasteiger partial charge in [0.05, 0.1) is 17.0 Å². The monoisotopic (exact) mass is 298 g/mol. The molecule has 1 aliphatic rings. The van der Waals surface area contributed by atoms with Gasteiger partial charge in [-0.2, -0.15) is 0 Å². The summed E-state index contributed by atoms with van der Waals surface area (Å²) in [6, 6.07) is 5.63. The molecule has 1 heterocycles. The third kappa shape index (κ3) is 3.00. The Labute approximate surface area is 118 Å². The minimum Gasteiger partial charge on any atom is -0.390 e. The van der Waals surface area contributed by atoms with Gasteiger partial charge in [-0.05, 0) is 18.2 Å². The number of carbonyl (C=O) groups excluding carboxylic acids is 1. The average molecular weight is 298 g/mol. The predicted octanol–water partition coefficient (Wildman–Crippen LogP) is -0.505. The Bertz CT molecular complexity index is 615. The van der Waals surface area contributed by atoms with Crippen molar-refractivity contribution in [1.82, 2.24) is 10.2 Å². The summed E-state index contributed by atoms with van der Waals surface area (Å²) in [5.74, 6) is -0.303. The summed E-state index contributed by atoms with van der Waals surface area (Å²) < 4.78 is 23.0. The quantitative estimate of drug-likeness (QED) is 0.785. The van der Waals surface area contributed by atoms with Crippen LogP contribution in [0, 0.1) is 0 Å². The standard InChI is InChI=1S/C13H18N2O4S/c1-15(11-7-14-8-12(11)16)13(17)9-4-3-5-10(6-9)20(2,18)19/h3-6,11-12,14,16H,7-8H2,1-2H3/t11-,12-/m1/s1. The molecule has 2 N–H and O–H groups in total. The molecule has 0 radical (unpaired) electrons. The molecule has 7 heteroatoms. The number of β-amino-alcohol motifs (C(OH)–C–C–N with tert-alkyl or cyclic N) is 1. The molecule has 1 aromatic rings. The highest BCUT2D eigenvalue weighted by Crippen LogP contribution is 2.15. The van der Waals surface area contributed by atoms with Crippen LogP contribution in [0.3, 0.4) is 0 Å². The van der Waals surface area contributed by atoms with E-state index < -0.39 is 15.9 Å². The van der Waals surface area contributed by atoms with Crippen molar-refractivity contribution in [3.63, 3.8) is 0 Å². The second kappa shape index (κ2) is 5.51. The Kier molecular flexibility index (Phi) is 4.12. The van der Waals surface area contributed by atoms with Crippen LogP contribution in [0.5, 0.6) is 0 Å². The molecule has 0 unspecified atom stereocenters. The Morgan fingerprint density at radius 2 is 2.10 bits per heavy atom. The van der Waals surface area contributed by atoms with Gasteiger partial charge in [-0.1, -0.05) is 6.07 Å². The first kappa shape index (κ1) is 15.0. The SMILES string of the molecule is CN(C(=O)c1cccc(S(C)(=O)=O)c1)[C@@H]1CNC[C@H]1O. The molecule has 0 bridgehead atoms. The number of likely N-dealkylation sites (N-methyl/N-ethyl adjacent to an activating group) is 1. The molecule has 2 atom stereocenters. The maximum atomic E-state index is 12.3. The van der Waals surface area contributed by atoms with Crippen LogP contribution in [0.2, 0.25) is 0 Å². The summed E-state index contributed by atoms with van der Waals surface area (Å²) >= 11 is 0. The van der Waals surface area contributed by atoms with Crippen molar-refractivity contribution in [2.45, 2.75) is 17.0 Å². The third-order valence-corrected chi connectivity index (χ3v) is 4.59. The van der Waals surface area contributed by atoms with Crippen molar-refractivity contribution in [3.05, 3.63) is 29.8 Å². The Hall–Kier alpha value is -1.44. The first-order valence-electron chi connectivity index (χ1n) is 6.27. The zero-order chi connectivity index (χ0) is 14.9. The number of benzene rings is 1. The molecular formula is C13H18N2O4S. The molecule has 110 valence electrons. The van der Waals surface area contributed by atoms with Crippen molar-refractivity contribution in [2.75, 3.05) is 26.4 Å². The molecule has 2 rings (SSSR count). The fraction of sp³-hybridized carbons (Fsp3) is 0.462. The van der Waals surface area contributed by atoms with Gasteiger partial charge in [0.1, 0.15) is 0 Å². The maximum Gasteiger partial charge on any atom is 0.254 e. The van der Waals surface area contributed by atoms with E-state index in [0.29, 0.717) is 18.7 Å². The minimum absolute atomic E-state index is 0.113. The normalized spacial score (nSPS) is 22.8. The van der Waals surface area contributed by atoms with E-state index >= 15 is 0 Å². The summed E-state index contributed by atoms with van der Waals surface area (Å²) in [7, 11) is -1.74. The first-order chi connectivity index (χ1) is 9.30. The highest BCUT2D eigenvalue weighted by Gasteiger charge is 2.31. The van der Waals surface area contributed by atoms with E-state index in [2.05, 4.69) is 5.32 Å². The predicted molar refractivity (Wildman–Crippen MR) is 74.3 cm³/mol. The van der Waals surface area contributed by atoms with Gasteiger partial charge < -0.3 is 15.3 Å². The van der Waals surface area contributed by atoms with Gasteiger partial charge in [0.25, 0.3) is 5.91 Å². The number of hydrogen-bond acceptors (Lipinski definition) is 5. The van der Waals surface area contributed by atoms with E-state index in [4.69, 9.17) is 0 Å².